The van der Waals surface area contributed by atoms with E-state index in [9.17, 15) is 4.79 Å². The van der Waals surface area contributed by atoms with Crippen LogP contribution < -0.4 is 16.9 Å². The van der Waals surface area contributed by atoms with Crippen molar-refractivity contribution in [3.63, 3.8) is 0 Å². The van der Waals surface area contributed by atoms with Gasteiger partial charge in [-0.1, -0.05) is 31.2 Å². The van der Waals surface area contributed by atoms with Gasteiger partial charge in [0.2, 0.25) is 0 Å². The van der Waals surface area contributed by atoms with Gasteiger partial charge in [0.05, 0.1) is 11.2 Å². The van der Waals surface area contributed by atoms with Crippen molar-refractivity contribution < 1.29 is 0 Å². The van der Waals surface area contributed by atoms with Crippen molar-refractivity contribution in [2.45, 2.75) is 19.8 Å². The number of hydrogen-bond acceptors (Lipinski definition) is 4. The van der Waals surface area contributed by atoms with Gasteiger partial charge in [-0.15, -0.1) is 11.3 Å². The fourth-order valence-corrected chi connectivity index (χ4v) is 4.20. The molecule has 4 aromatic rings. The normalized spacial score (nSPS) is 12.7. The number of nitrogens with zero attached hydrogens (tertiary/aromatic N) is 1. The van der Waals surface area contributed by atoms with Crippen LogP contribution in [0.25, 0.3) is 32.1 Å². The number of fused-ring (bicyclic) bond motifs is 3. The number of nitrogens with one attached hydrogen (secondary N) is 1. The molecule has 0 aliphatic carbocycles. The quantitative estimate of drug-likeness (QED) is 0.553. The fourth-order valence-electron chi connectivity index (χ4n) is 3.41. The van der Waals surface area contributed by atoms with Crippen molar-refractivity contribution in [1.29, 1.82) is 0 Å². The minimum Gasteiger partial charge on any atom is -0.330 e. The van der Waals surface area contributed by atoms with Crippen LogP contribution in [-0.4, -0.2) is 24.4 Å². The highest BCUT2D eigenvalue weighted by Crippen LogP contribution is 2.33. The zero-order valence-electron chi connectivity index (χ0n) is 14.7. The first-order valence-electron chi connectivity index (χ1n) is 8.51. The molecule has 1 unspecified atom stereocenters. The van der Waals surface area contributed by atoms with Gasteiger partial charge >= 0.3 is 0 Å². The van der Waals surface area contributed by atoms with Crippen LogP contribution in [0.4, 0.5) is 0 Å². The molecule has 0 spiro atoms. The van der Waals surface area contributed by atoms with Crippen molar-refractivity contribution >= 4 is 45.8 Å². The van der Waals surface area contributed by atoms with Crippen LogP contribution in [-0.2, 0) is 0 Å². The van der Waals surface area contributed by atoms with E-state index in [1.165, 1.54) is 16.9 Å². The molecule has 0 aliphatic heterocycles. The largest absolute Gasteiger partial charge is 0.330 e. The Morgan fingerprint density at radius 1 is 1.27 bits per heavy atom. The lowest BCUT2D eigenvalue weighted by atomic mass is 9.87. The van der Waals surface area contributed by atoms with E-state index in [-0.39, 0.29) is 5.56 Å². The predicted octanol–water partition coefficient (Wildman–Crippen LogP) is 2.97. The fraction of sp³-hybridized carbons (Fsp3) is 0.200. The molecule has 1 atom stereocenters. The van der Waals surface area contributed by atoms with E-state index in [1.807, 2.05) is 30.5 Å². The maximum absolute atomic E-state index is 12.4. The molecule has 128 valence electrons. The van der Waals surface area contributed by atoms with E-state index in [0.717, 1.165) is 33.1 Å². The number of benzene rings is 1. The Bertz CT molecular complexity index is 1180. The summed E-state index contributed by atoms with van der Waals surface area (Å²) in [7, 11) is 6.32. The van der Waals surface area contributed by atoms with Crippen molar-refractivity contribution in [3.8, 4) is 11.1 Å². The SMILES string of the molecule is [B]c1nc(C)c2[nH]c(=O)c3sccc3c2c1-c1ccc(C(C)CN)cc1. The Morgan fingerprint density at radius 2 is 2.00 bits per heavy atom. The summed E-state index contributed by atoms with van der Waals surface area (Å²) >= 11 is 1.43. The monoisotopic (exact) mass is 359 g/mol. The smallest absolute Gasteiger partial charge is 0.266 e. The van der Waals surface area contributed by atoms with E-state index < -0.39 is 0 Å². The third-order valence-corrected chi connectivity index (χ3v) is 5.82. The van der Waals surface area contributed by atoms with Crippen LogP contribution in [0.5, 0.6) is 0 Å². The molecule has 0 aliphatic rings. The van der Waals surface area contributed by atoms with Gasteiger partial charge in [0.25, 0.3) is 5.56 Å². The average molecular weight is 359 g/mol. The van der Waals surface area contributed by atoms with Gasteiger partial charge in [0.1, 0.15) is 12.5 Å². The molecule has 26 heavy (non-hydrogen) atoms. The number of aromatic amines is 1. The standard InChI is InChI=1S/C20H18BN3OS/c1-10(9-22)12-3-5-13(6-4-12)15-16-14-7-8-26-18(14)20(25)24-17(16)11(2)23-19(15)21/h3-8,10H,9,22H2,1-2H3,(H,24,25). The summed E-state index contributed by atoms with van der Waals surface area (Å²) in [5, 5.41) is 3.80. The van der Waals surface area contributed by atoms with Crippen LogP contribution in [0.2, 0.25) is 0 Å². The second-order valence-corrected chi connectivity index (χ2v) is 7.50. The number of pyridine rings is 2. The zero-order chi connectivity index (χ0) is 18.4. The minimum absolute atomic E-state index is 0.0877. The highest BCUT2D eigenvalue weighted by molar-refractivity contribution is 7.17. The van der Waals surface area contributed by atoms with Crippen LogP contribution in [0.15, 0.2) is 40.5 Å². The number of thiophene rings is 1. The average Bonchev–Trinajstić information content (AvgIpc) is 3.13. The molecule has 0 amide bonds. The first-order chi connectivity index (χ1) is 12.5. The summed E-state index contributed by atoms with van der Waals surface area (Å²) in [6, 6.07) is 10.2. The zero-order valence-corrected chi connectivity index (χ0v) is 15.5. The molecule has 2 radical (unpaired) electrons. The van der Waals surface area contributed by atoms with Crippen molar-refractivity contribution in [1.82, 2.24) is 9.97 Å². The topological polar surface area (TPSA) is 71.8 Å². The Balaban J connectivity index is 2.06. The summed E-state index contributed by atoms with van der Waals surface area (Å²) in [4.78, 5) is 19.8. The second kappa shape index (κ2) is 6.38. The molecular weight excluding hydrogens is 341 g/mol. The third-order valence-electron chi connectivity index (χ3n) is 4.91. The van der Waals surface area contributed by atoms with Gasteiger partial charge in [0.15, 0.2) is 0 Å². The molecule has 0 saturated heterocycles. The lowest BCUT2D eigenvalue weighted by molar-refractivity contribution is 0.774. The van der Waals surface area contributed by atoms with Gasteiger partial charge in [-0.05, 0) is 47.6 Å². The lowest BCUT2D eigenvalue weighted by Gasteiger charge is -2.15. The highest BCUT2D eigenvalue weighted by atomic mass is 32.1. The molecule has 4 nitrogen and oxygen atoms in total. The van der Waals surface area contributed by atoms with Gasteiger partial charge in [-0.3, -0.25) is 9.78 Å². The van der Waals surface area contributed by atoms with E-state index in [0.29, 0.717) is 22.8 Å². The second-order valence-electron chi connectivity index (χ2n) is 6.58. The van der Waals surface area contributed by atoms with Crippen molar-refractivity contribution in [2.75, 3.05) is 6.54 Å². The molecule has 1 aromatic carbocycles. The van der Waals surface area contributed by atoms with Gasteiger partial charge < -0.3 is 10.7 Å². The van der Waals surface area contributed by atoms with Crippen LogP contribution in [0.1, 0.15) is 24.1 Å². The summed E-state index contributed by atoms with van der Waals surface area (Å²) < 4.78 is 0.706. The highest BCUT2D eigenvalue weighted by Gasteiger charge is 2.17. The van der Waals surface area contributed by atoms with Crippen LogP contribution in [0.3, 0.4) is 0 Å². The number of nitrogens with two attached hydrogens (primary N) is 1. The Kier molecular flexibility index (Phi) is 4.17. The van der Waals surface area contributed by atoms with Crippen LogP contribution >= 0.6 is 11.3 Å². The van der Waals surface area contributed by atoms with Gasteiger partial charge in [-0.25, -0.2) is 0 Å². The predicted molar refractivity (Wildman–Crippen MR) is 111 cm³/mol. The molecule has 0 fully saturated rings. The number of rotatable bonds is 3. The maximum atomic E-state index is 12.4. The number of H-pyrrole nitrogens is 1. The summed E-state index contributed by atoms with van der Waals surface area (Å²) in [6.07, 6.45) is 0. The molecule has 3 aromatic heterocycles. The molecule has 4 rings (SSSR count). The van der Waals surface area contributed by atoms with E-state index in [1.54, 1.807) is 0 Å². The molecule has 6 heteroatoms. The van der Waals surface area contributed by atoms with E-state index in [4.69, 9.17) is 13.6 Å². The Morgan fingerprint density at radius 3 is 2.69 bits per heavy atom. The summed E-state index contributed by atoms with van der Waals surface area (Å²) in [5.74, 6) is 0.300. The molecule has 0 bridgehead atoms. The lowest BCUT2D eigenvalue weighted by Crippen LogP contribution is -2.17. The third kappa shape index (κ3) is 2.57. The Hall–Kier alpha value is -2.44. The van der Waals surface area contributed by atoms with Gasteiger partial charge in [0, 0.05) is 16.3 Å². The van der Waals surface area contributed by atoms with E-state index in [2.05, 4.69) is 29.0 Å². The first-order valence-corrected chi connectivity index (χ1v) is 9.39. The van der Waals surface area contributed by atoms with E-state index >= 15 is 0 Å². The van der Waals surface area contributed by atoms with Crippen molar-refractivity contribution in [3.05, 3.63) is 57.3 Å². The summed E-state index contributed by atoms with van der Waals surface area (Å²) in [6.45, 7) is 4.57. The summed E-state index contributed by atoms with van der Waals surface area (Å²) in [5.41, 5.74) is 10.6. The minimum atomic E-state index is -0.0877. The molecule has 3 N–H and O–H groups in total. The number of aromatic nitrogens is 2. The van der Waals surface area contributed by atoms with Gasteiger partial charge in [-0.2, -0.15) is 0 Å². The first kappa shape index (κ1) is 17.0. The van der Waals surface area contributed by atoms with Crippen LogP contribution in [0, 0.1) is 6.92 Å². The molecular formula is C20H18BN3OS. The van der Waals surface area contributed by atoms with Crippen molar-refractivity contribution in [2.24, 2.45) is 5.73 Å². The molecule has 0 saturated carbocycles. The number of aryl methyl sites for hydroxylation is 1. The maximum Gasteiger partial charge on any atom is 0.266 e. The molecule has 3 heterocycles. The Labute approximate surface area is 156 Å². The number of hydrogen-bond donors (Lipinski definition) is 2.